The maximum Gasteiger partial charge on any atom is 0.338 e. The maximum atomic E-state index is 12.6. The Bertz CT molecular complexity index is 1580. The summed E-state index contributed by atoms with van der Waals surface area (Å²) in [5, 5.41) is 21.6. The number of carbonyl (C=O) groups excluding carboxylic acids is 2. The molecule has 2 aromatic carbocycles. The predicted octanol–water partition coefficient (Wildman–Crippen LogP) is 3.25. The minimum atomic E-state index is -1.09. The number of fused-ring (bicyclic) bond motifs is 5. The summed E-state index contributed by atoms with van der Waals surface area (Å²) in [6.07, 6.45) is -8.67. The third kappa shape index (κ3) is 7.26. The highest BCUT2D eigenvalue weighted by Crippen LogP contribution is 2.47. The van der Waals surface area contributed by atoms with Gasteiger partial charge in [0.25, 0.3) is 0 Å². The molecule has 0 spiro atoms. The van der Waals surface area contributed by atoms with Gasteiger partial charge in [-0.25, -0.2) is 9.59 Å². The molecule has 2 aliphatic carbocycles. The van der Waals surface area contributed by atoms with E-state index in [2.05, 4.69) is 0 Å². The lowest BCUT2D eigenvalue weighted by molar-refractivity contribution is -0.185. The van der Waals surface area contributed by atoms with E-state index < -0.39 is 108 Å². The van der Waals surface area contributed by atoms with Gasteiger partial charge in [-0.2, -0.15) is 0 Å². The lowest BCUT2D eigenvalue weighted by Gasteiger charge is -2.40. The highest BCUT2D eigenvalue weighted by atomic mass is 16.8. The van der Waals surface area contributed by atoms with E-state index in [1.807, 2.05) is 12.1 Å². The van der Waals surface area contributed by atoms with E-state index in [4.69, 9.17) is 47.4 Å². The average molecular weight is 729 g/mol. The molecule has 0 bridgehead atoms. The molecule has 52 heavy (non-hydrogen) atoms. The molecule has 0 aromatic heterocycles. The molecule has 4 saturated heterocycles. The molecule has 6 aliphatic rings. The van der Waals surface area contributed by atoms with Gasteiger partial charge in [0.1, 0.15) is 61.0 Å². The number of hydrogen-bond acceptors (Lipinski definition) is 14. The number of carbonyl (C=O) groups is 2. The van der Waals surface area contributed by atoms with Crippen molar-refractivity contribution in [2.24, 2.45) is 0 Å². The highest BCUT2D eigenvalue weighted by molar-refractivity contribution is 5.90. The smallest absolute Gasteiger partial charge is 0.338 e. The van der Waals surface area contributed by atoms with Crippen LogP contribution < -0.4 is 0 Å². The monoisotopic (exact) mass is 728 g/mol. The van der Waals surface area contributed by atoms with Gasteiger partial charge >= 0.3 is 11.9 Å². The Hall–Kier alpha value is -3.02. The SMILES string of the molecule is CC1(C)O[C@@H]2C(O)[C@@H]3OC(C)(C)O[C@H]3C(OC(=O)c3ccccc3)[C@H]2O1.CC1(C)O[C@@H]2[C@@H](O1)[C@H](OC(=O)c1ccccc1)[C@@H](O)[C@@H]1OC(C)(C)O[C@@H]21. The minimum absolute atomic E-state index is 0.403. The average Bonchev–Trinajstić information content (AvgIpc) is 3.80. The molecule has 2 saturated carbocycles. The van der Waals surface area contributed by atoms with Crippen molar-refractivity contribution in [2.75, 3.05) is 0 Å². The van der Waals surface area contributed by atoms with Gasteiger partial charge in [0, 0.05) is 0 Å². The van der Waals surface area contributed by atoms with Crippen molar-refractivity contribution in [1.29, 1.82) is 0 Å². The summed E-state index contributed by atoms with van der Waals surface area (Å²) in [6, 6.07) is 17.4. The second-order valence-electron chi connectivity index (χ2n) is 15.7. The number of aliphatic hydroxyl groups excluding tert-OH is 2. The predicted molar refractivity (Wildman–Crippen MR) is 179 cm³/mol. The number of ether oxygens (including phenoxy) is 10. The fraction of sp³-hybridized carbons (Fsp3) is 0.632. The van der Waals surface area contributed by atoms with E-state index in [1.54, 1.807) is 104 Å². The summed E-state index contributed by atoms with van der Waals surface area (Å²) in [6.45, 7) is 14.2. The van der Waals surface area contributed by atoms with Crippen molar-refractivity contribution in [3.63, 3.8) is 0 Å². The first-order valence-electron chi connectivity index (χ1n) is 17.6. The summed E-state index contributed by atoms with van der Waals surface area (Å²) in [7, 11) is 0. The molecule has 0 amide bonds. The summed E-state index contributed by atoms with van der Waals surface area (Å²) in [5.74, 6) is -4.55. The Labute approximate surface area is 302 Å². The number of aliphatic hydroxyl groups is 2. The summed E-state index contributed by atoms with van der Waals surface area (Å²) < 4.78 is 58.8. The second kappa shape index (κ2) is 13.4. The van der Waals surface area contributed by atoms with E-state index in [1.165, 1.54) is 0 Å². The van der Waals surface area contributed by atoms with E-state index in [0.29, 0.717) is 11.1 Å². The van der Waals surface area contributed by atoms with Crippen LogP contribution in [0.15, 0.2) is 60.7 Å². The van der Waals surface area contributed by atoms with Gasteiger partial charge in [-0.05, 0) is 79.7 Å². The Morgan fingerprint density at radius 1 is 0.442 bits per heavy atom. The molecule has 4 heterocycles. The van der Waals surface area contributed by atoms with Crippen LogP contribution in [0.1, 0.15) is 76.1 Å². The summed E-state index contributed by atoms with van der Waals surface area (Å²) in [4.78, 5) is 25.1. The van der Waals surface area contributed by atoms with Crippen molar-refractivity contribution in [3.05, 3.63) is 71.8 Å². The van der Waals surface area contributed by atoms with Crippen molar-refractivity contribution in [1.82, 2.24) is 0 Å². The highest BCUT2D eigenvalue weighted by Gasteiger charge is 2.66. The molecular formula is C38H48O14. The van der Waals surface area contributed by atoms with Crippen LogP contribution in [0, 0.1) is 0 Å². The molecule has 14 nitrogen and oxygen atoms in total. The lowest BCUT2D eigenvalue weighted by Crippen LogP contribution is -2.62. The van der Waals surface area contributed by atoms with Gasteiger partial charge < -0.3 is 57.6 Å². The van der Waals surface area contributed by atoms with Gasteiger partial charge in [0.05, 0.1) is 11.1 Å². The van der Waals surface area contributed by atoms with Gasteiger partial charge in [-0.1, -0.05) is 36.4 Å². The largest absolute Gasteiger partial charge is 0.453 e. The van der Waals surface area contributed by atoms with Crippen molar-refractivity contribution in [2.45, 2.75) is 152 Å². The number of esters is 2. The van der Waals surface area contributed by atoms with Crippen LogP contribution >= 0.6 is 0 Å². The molecule has 4 aliphatic heterocycles. The van der Waals surface area contributed by atoms with Crippen LogP contribution in [0.2, 0.25) is 0 Å². The van der Waals surface area contributed by atoms with E-state index in [9.17, 15) is 19.8 Å². The number of benzene rings is 2. The number of rotatable bonds is 4. The minimum Gasteiger partial charge on any atom is -0.453 e. The van der Waals surface area contributed by atoms with Crippen LogP contribution in [-0.4, -0.2) is 119 Å². The summed E-state index contributed by atoms with van der Waals surface area (Å²) in [5.41, 5.74) is 0.837. The van der Waals surface area contributed by atoms with Crippen LogP contribution in [0.3, 0.4) is 0 Å². The molecule has 2 N–H and O–H groups in total. The first-order valence-corrected chi connectivity index (χ1v) is 17.6. The van der Waals surface area contributed by atoms with E-state index >= 15 is 0 Å². The first kappa shape index (κ1) is 37.3. The topological polar surface area (TPSA) is 167 Å². The Morgan fingerprint density at radius 3 is 1.13 bits per heavy atom. The molecule has 0 radical (unpaired) electrons. The Kier molecular flexibility index (Phi) is 9.59. The normalized spacial score (nSPS) is 39.9. The maximum absolute atomic E-state index is 12.6. The molecule has 6 fully saturated rings. The van der Waals surface area contributed by atoms with Crippen LogP contribution in [0.4, 0.5) is 0 Å². The Balaban J connectivity index is 0.000000162. The van der Waals surface area contributed by atoms with Crippen molar-refractivity contribution < 1.29 is 67.2 Å². The zero-order chi connectivity index (χ0) is 37.4. The molecule has 14 heteroatoms. The zero-order valence-electron chi connectivity index (χ0n) is 30.5. The fourth-order valence-electron chi connectivity index (χ4n) is 7.89. The van der Waals surface area contributed by atoms with Crippen molar-refractivity contribution in [3.8, 4) is 0 Å². The van der Waals surface area contributed by atoms with Gasteiger partial charge in [-0.3, -0.25) is 0 Å². The van der Waals surface area contributed by atoms with Crippen molar-refractivity contribution >= 4 is 11.9 Å². The van der Waals surface area contributed by atoms with E-state index in [-0.39, 0.29) is 0 Å². The molecule has 284 valence electrons. The van der Waals surface area contributed by atoms with Crippen LogP contribution in [-0.2, 0) is 47.4 Å². The number of hydrogen-bond donors (Lipinski definition) is 2. The van der Waals surface area contributed by atoms with E-state index in [0.717, 1.165) is 0 Å². The third-order valence-corrected chi connectivity index (χ3v) is 9.80. The third-order valence-electron chi connectivity index (χ3n) is 9.80. The fourth-order valence-corrected chi connectivity index (χ4v) is 7.89. The molecule has 2 unspecified atom stereocenters. The molecule has 8 rings (SSSR count). The first-order chi connectivity index (χ1) is 24.3. The summed E-state index contributed by atoms with van der Waals surface area (Å²) >= 11 is 0. The quantitative estimate of drug-likeness (QED) is 0.441. The van der Waals surface area contributed by atoms with Gasteiger partial charge in [0.15, 0.2) is 35.4 Å². The molecule has 2 aromatic rings. The molecular weight excluding hydrogens is 680 g/mol. The van der Waals surface area contributed by atoms with Gasteiger partial charge in [0.2, 0.25) is 0 Å². The van der Waals surface area contributed by atoms with Crippen LogP contribution in [0.25, 0.3) is 0 Å². The van der Waals surface area contributed by atoms with Gasteiger partial charge in [-0.15, -0.1) is 0 Å². The standard InChI is InChI=1S/2C19H24O7/c1-18(2)23-12-11(20)13-16(26-19(3,4)24-13)14(15(12)25-18)22-17(21)10-8-6-5-7-9-10;1-18(2)23-13-11(20)12(22-17(21)10-8-6-5-7-9-10)14-16(15(13)25-18)26-19(3,4)24-14/h2*5-9,11-16,20H,1-4H3/t11?,12-,13+,14?,15+,16-;11-,12-,13+,14+,15-,16-/m.1/s1. The van der Waals surface area contributed by atoms with Crippen LogP contribution in [0.5, 0.6) is 0 Å². The zero-order valence-corrected chi connectivity index (χ0v) is 30.5. The Morgan fingerprint density at radius 2 is 0.731 bits per heavy atom. The second-order valence-corrected chi connectivity index (χ2v) is 15.7. The lowest BCUT2D eigenvalue weighted by atomic mass is 9.85. The molecule has 12 atom stereocenters.